The molecule has 1 fully saturated rings. The smallest absolute Gasteiger partial charge is 0.250 e. The van der Waals surface area contributed by atoms with Gasteiger partial charge in [0.25, 0.3) is 5.91 Å². The van der Waals surface area contributed by atoms with Crippen molar-refractivity contribution in [2.24, 2.45) is 23.0 Å². The highest BCUT2D eigenvalue weighted by Gasteiger charge is 2.33. The third-order valence-electron chi connectivity index (χ3n) is 5.02. The van der Waals surface area contributed by atoms with Gasteiger partial charge in [-0.3, -0.25) is 9.59 Å². The molecule has 3 N–H and O–H groups in total. The highest BCUT2D eigenvalue weighted by Crippen LogP contribution is 2.43. The van der Waals surface area contributed by atoms with Crippen molar-refractivity contribution in [3.63, 3.8) is 0 Å². The molecule has 1 aromatic rings. The monoisotopic (exact) mass is 362 g/mol. The number of hydrogen-bond acceptors (Lipinski definition) is 4. The van der Waals surface area contributed by atoms with Crippen LogP contribution in [-0.4, -0.2) is 26.0 Å². The molecule has 1 aromatic carbocycles. The minimum absolute atomic E-state index is 0.116. The first-order valence-electron chi connectivity index (χ1n) is 9.01. The minimum Gasteiger partial charge on any atom is -0.493 e. The molecular weight excluding hydrogens is 332 g/mol. The molecule has 0 spiro atoms. The second kappa shape index (κ2) is 7.98. The summed E-state index contributed by atoms with van der Waals surface area (Å²) < 4.78 is 10.5. The van der Waals surface area contributed by atoms with Crippen molar-refractivity contribution >= 4 is 17.5 Å². The number of rotatable bonds is 6. The molecule has 6 heteroatoms. The Kier molecular flexibility index (Phi) is 6.16. The van der Waals surface area contributed by atoms with Gasteiger partial charge in [0.05, 0.1) is 25.5 Å². The summed E-state index contributed by atoms with van der Waals surface area (Å²) in [6.07, 6.45) is 3.69. The Morgan fingerprint density at radius 2 is 1.81 bits per heavy atom. The number of anilines is 1. The van der Waals surface area contributed by atoms with Crippen molar-refractivity contribution in [1.29, 1.82) is 0 Å². The summed E-state index contributed by atoms with van der Waals surface area (Å²) in [6, 6.07) is 3.06. The molecule has 1 aliphatic carbocycles. The zero-order valence-electron chi connectivity index (χ0n) is 16.3. The Morgan fingerprint density at radius 1 is 1.19 bits per heavy atom. The molecule has 0 aliphatic heterocycles. The van der Waals surface area contributed by atoms with Gasteiger partial charge < -0.3 is 20.5 Å². The van der Waals surface area contributed by atoms with Crippen LogP contribution in [0.25, 0.3) is 0 Å². The number of methoxy groups -OCH3 is 2. The molecule has 2 atom stereocenters. The Labute approximate surface area is 155 Å². The SMILES string of the molecule is COc1cc(NC(=O)CC2CC(C)CC(C)(C)C2)c(C(N)=O)cc1OC. The first-order valence-corrected chi connectivity index (χ1v) is 9.01. The summed E-state index contributed by atoms with van der Waals surface area (Å²) in [6.45, 7) is 6.76. The van der Waals surface area contributed by atoms with Crippen LogP contribution in [-0.2, 0) is 4.79 Å². The molecule has 144 valence electrons. The van der Waals surface area contributed by atoms with Gasteiger partial charge in [-0.05, 0) is 42.6 Å². The molecule has 6 nitrogen and oxygen atoms in total. The van der Waals surface area contributed by atoms with E-state index in [0.29, 0.717) is 35.4 Å². The summed E-state index contributed by atoms with van der Waals surface area (Å²) in [5.74, 6) is 1.02. The molecular formula is C20H30N2O4. The number of hydrogen-bond donors (Lipinski definition) is 2. The van der Waals surface area contributed by atoms with Gasteiger partial charge in [-0.1, -0.05) is 20.8 Å². The highest BCUT2D eigenvalue weighted by molar-refractivity contribution is 6.03. The van der Waals surface area contributed by atoms with E-state index in [0.717, 1.165) is 12.8 Å². The summed E-state index contributed by atoms with van der Waals surface area (Å²) in [7, 11) is 2.98. The molecule has 1 aliphatic rings. The number of amides is 2. The maximum absolute atomic E-state index is 12.6. The van der Waals surface area contributed by atoms with E-state index >= 15 is 0 Å². The number of benzene rings is 1. The largest absolute Gasteiger partial charge is 0.493 e. The van der Waals surface area contributed by atoms with Gasteiger partial charge in [0.2, 0.25) is 5.91 Å². The van der Waals surface area contributed by atoms with Crippen LogP contribution in [0.1, 0.15) is 56.8 Å². The van der Waals surface area contributed by atoms with Crippen molar-refractivity contribution in [3.8, 4) is 11.5 Å². The van der Waals surface area contributed by atoms with Gasteiger partial charge in [0.15, 0.2) is 11.5 Å². The van der Waals surface area contributed by atoms with Crippen LogP contribution < -0.4 is 20.5 Å². The van der Waals surface area contributed by atoms with E-state index in [2.05, 4.69) is 26.1 Å². The standard InChI is InChI=1S/C20H30N2O4/c1-12-6-13(11-20(2,3)10-12)7-18(23)22-15-9-17(26-5)16(25-4)8-14(15)19(21)24/h8-9,12-13H,6-7,10-11H2,1-5H3,(H2,21,24)(H,22,23). The van der Waals surface area contributed by atoms with Gasteiger partial charge in [-0.15, -0.1) is 0 Å². The molecule has 0 saturated heterocycles. The van der Waals surface area contributed by atoms with E-state index in [1.807, 2.05) is 0 Å². The highest BCUT2D eigenvalue weighted by atomic mass is 16.5. The summed E-state index contributed by atoms with van der Waals surface area (Å²) in [5, 5.41) is 2.83. The Hall–Kier alpha value is -2.24. The lowest BCUT2D eigenvalue weighted by Crippen LogP contribution is -2.30. The van der Waals surface area contributed by atoms with E-state index in [9.17, 15) is 9.59 Å². The lowest BCUT2D eigenvalue weighted by atomic mass is 9.67. The fourth-order valence-corrected chi connectivity index (χ4v) is 4.35. The van der Waals surface area contributed by atoms with Crippen LogP contribution >= 0.6 is 0 Å². The normalized spacial score (nSPS) is 21.7. The number of ether oxygens (including phenoxy) is 2. The van der Waals surface area contributed by atoms with Crippen LogP contribution in [0.15, 0.2) is 12.1 Å². The zero-order valence-corrected chi connectivity index (χ0v) is 16.3. The topological polar surface area (TPSA) is 90.6 Å². The fourth-order valence-electron chi connectivity index (χ4n) is 4.35. The van der Waals surface area contributed by atoms with Crippen molar-refractivity contribution in [1.82, 2.24) is 0 Å². The third kappa shape index (κ3) is 4.90. The van der Waals surface area contributed by atoms with Gasteiger partial charge in [0.1, 0.15) is 0 Å². The van der Waals surface area contributed by atoms with Crippen molar-refractivity contribution in [3.05, 3.63) is 17.7 Å². The first kappa shape index (κ1) is 20.1. The number of nitrogens with one attached hydrogen (secondary N) is 1. The van der Waals surface area contributed by atoms with Crippen molar-refractivity contribution in [2.45, 2.75) is 46.5 Å². The van der Waals surface area contributed by atoms with Crippen molar-refractivity contribution < 1.29 is 19.1 Å². The van der Waals surface area contributed by atoms with Crippen LogP contribution in [0, 0.1) is 17.3 Å². The van der Waals surface area contributed by atoms with E-state index < -0.39 is 5.91 Å². The minimum atomic E-state index is -0.631. The second-order valence-corrected chi connectivity index (χ2v) is 8.15. The van der Waals surface area contributed by atoms with Gasteiger partial charge >= 0.3 is 0 Å². The molecule has 0 aromatic heterocycles. The summed E-state index contributed by atoms with van der Waals surface area (Å²) in [4.78, 5) is 24.4. The van der Waals surface area contributed by atoms with Crippen LogP contribution in [0.3, 0.4) is 0 Å². The Bertz CT molecular complexity index is 685. The van der Waals surface area contributed by atoms with Gasteiger partial charge in [-0.2, -0.15) is 0 Å². The number of primary amides is 1. The summed E-state index contributed by atoms with van der Waals surface area (Å²) in [5.41, 5.74) is 6.26. The van der Waals surface area contributed by atoms with Crippen LogP contribution in [0.5, 0.6) is 11.5 Å². The summed E-state index contributed by atoms with van der Waals surface area (Å²) >= 11 is 0. The van der Waals surface area contributed by atoms with E-state index in [1.165, 1.54) is 26.7 Å². The molecule has 2 unspecified atom stereocenters. The van der Waals surface area contributed by atoms with Gasteiger partial charge in [0, 0.05) is 12.5 Å². The average Bonchev–Trinajstić information content (AvgIpc) is 2.51. The third-order valence-corrected chi connectivity index (χ3v) is 5.02. The molecule has 2 amide bonds. The van der Waals surface area contributed by atoms with Gasteiger partial charge in [-0.25, -0.2) is 0 Å². The fraction of sp³-hybridized carbons (Fsp3) is 0.600. The first-order chi connectivity index (χ1) is 12.1. The quantitative estimate of drug-likeness (QED) is 0.809. The van der Waals surface area contributed by atoms with Crippen LogP contribution in [0.2, 0.25) is 0 Å². The maximum Gasteiger partial charge on any atom is 0.250 e. The number of carbonyl (C=O) groups is 2. The predicted molar refractivity (Wildman–Crippen MR) is 102 cm³/mol. The molecule has 0 radical (unpaired) electrons. The lowest BCUT2D eigenvalue weighted by molar-refractivity contribution is -0.117. The van der Waals surface area contributed by atoms with E-state index in [4.69, 9.17) is 15.2 Å². The number of nitrogens with two attached hydrogens (primary N) is 1. The van der Waals surface area contributed by atoms with E-state index in [-0.39, 0.29) is 16.9 Å². The Balaban J connectivity index is 2.16. The molecule has 1 saturated carbocycles. The van der Waals surface area contributed by atoms with Crippen LogP contribution in [0.4, 0.5) is 5.69 Å². The molecule has 26 heavy (non-hydrogen) atoms. The zero-order chi connectivity index (χ0) is 19.5. The lowest BCUT2D eigenvalue weighted by Gasteiger charge is -2.38. The van der Waals surface area contributed by atoms with E-state index in [1.54, 1.807) is 6.07 Å². The maximum atomic E-state index is 12.6. The second-order valence-electron chi connectivity index (χ2n) is 8.15. The average molecular weight is 362 g/mol. The number of carbonyl (C=O) groups excluding carboxylic acids is 2. The Morgan fingerprint density at radius 3 is 2.35 bits per heavy atom. The van der Waals surface area contributed by atoms with Crippen molar-refractivity contribution in [2.75, 3.05) is 19.5 Å². The molecule has 0 heterocycles. The molecule has 2 rings (SSSR count). The predicted octanol–water partition coefficient (Wildman–Crippen LogP) is 3.59. The molecule has 0 bridgehead atoms.